The summed E-state index contributed by atoms with van der Waals surface area (Å²) in [6.07, 6.45) is -3.34. The number of halogens is 3. The first-order valence-electron chi connectivity index (χ1n) is 7.20. The molecule has 2 rings (SSSR count). The highest BCUT2D eigenvalue weighted by Gasteiger charge is 2.30. The maximum atomic E-state index is 12.6. The van der Waals surface area contributed by atoms with E-state index in [1.807, 2.05) is 0 Å². The molecule has 0 atom stereocenters. The summed E-state index contributed by atoms with van der Waals surface area (Å²) >= 11 is 0. The lowest BCUT2D eigenvalue weighted by Crippen LogP contribution is -2.50. The molecule has 1 N–H and O–H groups in total. The molecular weight excluding hydrogens is 347 g/mol. The van der Waals surface area contributed by atoms with E-state index in [0.717, 1.165) is 18.4 Å². The lowest BCUT2D eigenvalue weighted by Gasteiger charge is -2.32. The Bertz CT molecular complexity index is 699. The van der Waals surface area contributed by atoms with Gasteiger partial charge in [-0.15, -0.1) is 0 Å². The van der Waals surface area contributed by atoms with Crippen LogP contribution in [-0.2, 0) is 21.0 Å². The third-order valence-corrected chi connectivity index (χ3v) is 4.94. The first-order chi connectivity index (χ1) is 11.1. The number of nitrogens with zero attached hydrogens (tertiary/aromatic N) is 2. The molecule has 0 aliphatic carbocycles. The average Bonchev–Trinajstić information content (AvgIpc) is 2.46. The molecule has 0 aromatic heterocycles. The maximum Gasteiger partial charge on any atom is 0.416 e. The van der Waals surface area contributed by atoms with Gasteiger partial charge in [0.05, 0.1) is 18.4 Å². The van der Waals surface area contributed by atoms with E-state index in [2.05, 4.69) is 5.32 Å². The minimum Gasteiger partial charge on any atom is -0.325 e. The van der Waals surface area contributed by atoms with Crippen molar-refractivity contribution in [1.82, 2.24) is 9.21 Å². The summed E-state index contributed by atoms with van der Waals surface area (Å²) in [6, 6.07) is 4.41. The van der Waals surface area contributed by atoms with E-state index in [1.165, 1.54) is 16.4 Å². The number of benzene rings is 1. The Morgan fingerprint density at radius 1 is 1.21 bits per heavy atom. The molecule has 10 heteroatoms. The van der Waals surface area contributed by atoms with E-state index in [-0.39, 0.29) is 25.3 Å². The normalized spacial score (nSPS) is 17.7. The van der Waals surface area contributed by atoms with Gasteiger partial charge in [-0.2, -0.15) is 17.5 Å². The van der Waals surface area contributed by atoms with Gasteiger partial charge in [0.15, 0.2) is 0 Å². The summed E-state index contributed by atoms with van der Waals surface area (Å²) in [6.45, 7) is 1.35. The summed E-state index contributed by atoms with van der Waals surface area (Å²) in [5.41, 5.74) is -0.758. The smallest absolute Gasteiger partial charge is 0.325 e. The molecule has 0 unspecified atom stereocenters. The van der Waals surface area contributed by atoms with Crippen LogP contribution in [0.5, 0.6) is 0 Å². The van der Waals surface area contributed by atoms with E-state index >= 15 is 0 Å². The fraction of sp³-hybridized carbons (Fsp3) is 0.500. The Balaban J connectivity index is 1.89. The summed E-state index contributed by atoms with van der Waals surface area (Å²) in [4.78, 5) is 13.7. The van der Waals surface area contributed by atoms with Gasteiger partial charge >= 0.3 is 6.18 Å². The molecule has 0 radical (unpaired) electrons. The number of anilines is 1. The van der Waals surface area contributed by atoms with Crippen LogP contribution in [0.3, 0.4) is 0 Å². The Labute approximate surface area is 138 Å². The van der Waals surface area contributed by atoms with Gasteiger partial charge in [0.1, 0.15) is 0 Å². The van der Waals surface area contributed by atoms with Crippen molar-refractivity contribution in [3.63, 3.8) is 0 Å². The highest BCUT2D eigenvalue weighted by molar-refractivity contribution is 7.88. The summed E-state index contributed by atoms with van der Waals surface area (Å²) in [5.74, 6) is -0.442. The van der Waals surface area contributed by atoms with E-state index < -0.39 is 27.7 Å². The summed E-state index contributed by atoms with van der Waals surface area (Å²) in [7, 11) is -3.25. The number of nitrogens with one attached hydrogen (secondary N) is 1. The van der Waals surface area contributed by atoms with E-state index in [4.69, 9.17) is 0 Å². The first-order valence-corrected chi connectivity index (χ1v) is 9.05. The molecule has 1 aromatic carbocycles. The molecule has 1 aromatic rings. The van der Waals surface area contributed by atoms with Crippen LogP contribution in [0.4, 0.5) is 18.9 Å². The molecule has 1 fully saturated rings. The van der Waals surface area contributed by atoms with Crippen LogP contribution in [0.1, 0.15) is 5.56 Å². The zero-order chi connectivity index (χ0) is 18.0. The van der Waals surface area contributed by atoms with Crippen molar-refractivity contribution in [1.29, 1.82) is 0 Å². The Morgan fingerprint density at radius 3 is 2.38 bits per heavy atom. The predicted molar refractivity (Wildman–Crippen MR) is 82.9 cm³/mol. The molecule has 1 amide bonds. The van der Waals surface area contributed by atoms with Crippen LogP contribution >= 0.6 is 0 Å². The van der Waals surface area contributed by atoms with Crippen LogP contribution < -0.4 is 5.32 Å². The molecule has 24 heavy (non-hydrogen) atoms. The minimum atomic E-state index is -4.47. The highest BCUT2D eigenvalue weighted by Crippen LogP contribution is 2.30. The van der Waals surface area contributed by atoms with Crippen LogP contribution in [0.15, 0.2) is 24.3 Å². The van der Waals surface area contributed by atoms with Gasteiger partial charge in [0.2, 0.25) is 15.9 Å². The van der Waals surface area contributed by atoms with Gasteiger partial charge in [-0.05, 0) is 18.2 Å². The third-order valence-electron chi connectivity index (χ3n) is 3.64. The number of piperazine rings is 1. The van der Waals surface area contributed by atoms with Crippen molar-refractivity contribution in [3.8, 4) is 0 Å². The average molecular weight is 365 g/mol. The van der Waals surface area contributed by atoms with Crippen LogP contribution in [0.25, 0.3) is 0 Å². The number of carbonyl (C=O) groups excluding carboxylic acids is 1. The molecule has 0 saturated carbocycles. The zero-order valence-electron chi connectivity index (χ0n) is 13.0. The number of hydrogen-bond acceptors (Lipinski definition) is 4. The predicted octanol–water partition coefficient (Wildman–Crippen LogP) is 1.22. The fourth-order valence-corrected chi connectivity index (χ4v) is 3.22. The maximum absolute atomic E-state index is 12.6. The Morgan fingerprint density at radius 2 is 1.83 bits per heavy atom. The number of alkyl halides is 3. The number of carbonyl (C=O) groups is 1. The molecule has 6 nitrogen and oxygen atoms in total. The van der Waals surface area contributed by atoms with Crippen molar-refractivity contribution in [2.24, 2.45) is 0 Å². The Hall–Kier alpha value is -1.65. The summed E-state index contributed by atoms with van der Waals surface area (Å²) < 4.78 is 62.0. The third kappa shape index (κ3) is 5.18. The van der Waals surface area contributed by atoms with Crippen molar-refractivity contribution >= 4 is 21.6 Å². The quantitative estimate of drug-likeness (QED) is 0.871. The van der Waals surface area contributed by atoms with E-state index in [1.54, 1.807) is 4.90 Å². The highest BCUT2D eigenvalue weighted by atomic mass is 32.2. The first kappa shape index (κ1) is 18.7. The SMILES string of the molecule is CS(=O)(=O)N1CCN(CC(=O)Nc2cccc(C(F)(F)F)c2)CC1. The molecule has 0 spiro atoms. The molecule has 1 aliphatic heterocycles. The zero-order valence-corrected chi connectivity index (χ0v) is 13.8. The number of amides is 1. The van der Waals surface area contributed by atoms with E-state index in [9.17, 15) is 26.4 Å². The monoisotopic (exact) mass is 365 g/mol. The molecule has 1 saturated heterocycles. The lowest BCUT2D eigenvalue weighted by molar-refractivity contribution is -0.137. The van der Waals surface area contributed by atoms with Crippen LogP contribution in [-0.4, -0.2) is 62.5 Å². The number of rotatable bonds is 4. The molecule has 134 valence electrons. The second kappa shape index (κ2) is 7.08. The van der Waals surface area contributed by atoms with Gasteiger partial charge in [-0.1, -0.05) is 6.07 Å². The second-order valence-electron chi connectivity index (χ2n) is 5.56. The number of sulfonamides is 1. The van der Waals surface area contributed by atoms with Crippen molar-refractivity contribution in [3.05, 3.63) is 29.8 Å². The van der Waals surface area contributed by atoms with Gasteiger partial charge in [-0.3, -0.25) is 9.69 Å². The second-order valence-corrected chi connectivity index (χ2v) is 7.55. The topological polar surface area (TPSA) is 69.7 Å². The van der Waals surface area contributed by atoms with Crippen LogP contribution in [0.2, 0.25) is 0 Å². The largest absolute Gasteiger partial charge is 0.416 e. The standard InChI is InChI=1S/C14H18F3N3O3S/c1-24(22,23)20-7-5-19(6-8-20)10-13(21)18-12-4-2-3-11(9-12)14(15,16)17/h2-4,9H,5-8,10H2,1H3,(H,18,21). The van der Waals surface area contributed by atoms with Gasteiger partial charge < -0.3 is 5.32 Å². The van der Waals surface area contributed by atoms with Gasteiger partial charge in [-0.25, -0.2) is 8.42 Å². The van der Waals surface area contributed by atoms with Crippen molar-refractivity contribution in [2.45, 2.75) is 6.18 Å². The Kier molecular flexibility index (Phi) is 5.51. The van der Waals surface area contributed by atoms with Crippen molar-refractivity contribution < 1.29 is 26.4 Å². The molecule has 0 bridgehead atoms. The molecule has 1 heterocycles. The summed E-state index contributed by atoms with van der Waals surface area (Å²) in [5, 5.41) is 2.43. The van der Waals surface area contributed by atoms with E-state index in [0.29, 0.717) is 13.1 Å². The van der Waals surface area contributed by atoms with Crippen LogP contribution in [0, 0.1) is 0 Å². The fourth-order valence-electron chi connectivity index (χ4n) is 2.40. The molecule has 1 aliphatic rings. The minimum absolute atomic E-state index is 0.00610. The van der Waals surface area contributed by atoms with Gasteiger partial charge in [0, 0.05) is 31.9 Å². The number of hydrogen-bond donors (Lipinski definition) is 1. The molecular formula is C14H18F3N3O3S. The van der Waals surface area contributed by atoms with Crippen molar-refractivity contribution in [2.75, 3.05) is 44.3 Å². The lowest BCUT2D eigenvalue weighted by atomic mass is 10.2. The van der Waals surface area contributed by atoms with Gasteiger partial charge in [0.25, 0.3) is 0 Å².